The number of hydrogen-bond donors (Lipinski definition) is 3. The number of hydrogen-bond acceptors (Lipinski definition) is 3. The second-order valence-electron chi connectivity index (χ2n) is 4.36. The SMILES string of the molecule is CCC(C)NC(=O)Nc1ccc(NS(C)(=O)=O)cc1. The molecule has 3 N–H and O–H groups in total. The zero-order valence-corrected chi connectivity index (χ0v) is 12.0. The van der Waals surface area contributed by atoms with Gasteiger partial charge in [0.1, 0.15) is 0 Å². The summed E-state index contributed by atoms with van der Waals surface area (Å²) in [4.78, 5) is 11.6. The number of amides is 2. The van der Waals surface area contributed by atoms with E-state index in [9.17, 15) is 13.2 Å². The van der Waals surface area contributed by atoms with Gasteiger partial charge in [0, 0.05) is 17.4 Å². The van der Waals surface area contributed by atoms with Gasteiger partial charge in [-0.25, -0.2) is 13.2 Å². The topological polar surface area (TPSA) is 87.3 Å². The average Bonchev–Trinajstić information content (AvgIpc) is 2.29. The van der Waals surface area contributed by atoms with Crippen LogP contribution in [0.25, 0.3) is 0 Å². The molecule has 1 atom stereocenters. The Morgan fingerprint density at radius 3 is 2.21 bits per heavy atom. The van der Waals surface area contributed by atoms with Gasteiger partial charge in [0.05, 0.1) is 6.26 Å². The van der Waals surface area contributed by atoms with Crippen molar-refractivity contribution in [3.8, 4) is 0 Å². The highest BCUT2D eigenvalue weighted by atomic mass is 32.2. The molecule has 1 aromatic rings. The molecule has 0 saturated carbocycles. The van der Waals surface area contributed by atoms with E-state index in [1.807, 2.05) is 13.8 Å². The van der Waals surface area contributed by atoms with Gasteiger partial charge in [0.2, 0.25) is 10.0 Å². The molecule has 7 heteroatoms. The van der Waals surface area contributed by atoms with Gasteiger partial charge in [-0.1, -0.05) is 6.92 Å². The van der Waals surface area contributed by atoms with Crippen LogP contribution >= 0.6 is 0 Å². The van der Waals surface area contributed by atoms with Crippen LogP contribution in [0.3, 0.4) is 0 Å². The molecule has 0 spiro atoms. The molecule has 0 bridgehead atoms. The number of carbonyl (C=O) groups is 1. The molecule has 0 radical (unpaired) electrons. The Bertz CT molecular complexity index is 526. The van der Waals surface area contributed by atoms with E-state index >= 15 is 0 Å². The molecule has 1 rings (SSSR count). The number of nitrogens with one attached hydrogen (secondary N) is 3. The van der Waals surface area contributed by atoms with Gasteiger partial charge in [-0.05, 0) is 37.6 Å². The van der Waals surface area contributed by atoms with Crippen molar-refractivity contribution in [1.82, 2.24) is 5.32 Å². The highest BCUT2D eigenvalue weighted by Crippen LogP contribution is 2.14. The summed E-state index contributed by atoms with van der Waals surface area (Å²) in [5, 5.41) is 5.44. The number of benzene rings is 1. The number of rotatable bonds is 5. The van der Waals surface area contributed by atoms with Gasteiger partial charge in [-0.15, -0.1) is 0 Å². The Balaban J connectivity index is 2.60. The molecule has 0 aliphatic heterocycles. The van der Waals surface area contributed by atoms with Crippen LogP contribution in [0.4, 0.5) is 16.2 Å². The van der Waals surface area contributed by atoms with Crippen LogP contribution in [0.5, 0.6) is 0 Å². The largest absolute Gasteiger partial charge is 0.335 e. The van der Waals surface area contributed by atoms with Crippen molar-refractivity contribution in [3.63, 3.8) is 0 Å². The van der Waals surface area contributed by atoms with Gasteiger partial charge in [0.15, 0.2) is 0 Å². The number of urea groups is 1. The van der Waals surface area contributed by atoms with E-state index in [4.69, 9.17) is 0 Å². The minimum atomic E-state index is -3.28. The highest BCUT2D eigenvalue weighted by molar-refractivity contribution is 7.92. The summed E-state index contributed by atoms with van der Waals surface area (Å²) in [5.74, 6) is 0. The lowest BCUT2D eigenvalue weighted by Crippen LogP contribution is -2.35. The Hall–Kier alpha value is -1.76. The fourth-order valence-electron chi connectivity index (χ4n) is 1.33. The highest BCUT2D eigenvalue weighted by Gasteiger charge is 2.06. The first-order valence-electron chi connectivity index (χ1n) is 5.95. The molecule has 106 valence electrons. The summed E-state index contributed by atoms with van der Waals surface area (Å²) in [6, 6.07) is 6.25. The maximum absolute atomic E-state index is 11.6. The molecule has 6 nitrogen and oxygen atoms in total. The van der Waals surface area contributed by atoms with Crippen LogP contribution in [0.15, 0.2) is 24.3 Å². The molecular formula is C12H19N3O3S. The van der Waals surface area contributed by atoms with Gasteiger partial charge in [0.25, 0.3) is 0 Å². The zero-order chi connectivity index (χ0) is 14.5. The van der Waals surface area contributed by atoms with Crippen molar-refractivity contribution in [2.24, 2.45) is 0 Å². The first-order valence-corrected chi connectivity index (χ1v) is 7.84. The summed E-state index contributed by atoms with van der Waals surface area (Å²) in [6.07, 6.45) is 1.93. The van der Waals surface area contributed by atoms with Crippen molar-refractivity contribution in [2.45, 2.75) is 26.3 Å². The molecule has 1 aromatic carbocycles. The van der Waals surface area contributed by atoms with Crippen LogP contribution in [0.2, 0.25) is 0 Å². The van der Waals surface area contributed by atoms with Gasteiger partial charge in [-0.3, -0.25) is 4.72 Å². The lowest BCUT2D eigenvalue weighted by molar-refractivity contribution is 0.249. The van der Waals surface area contributed by atoms with Gasteiger partial charge in [-0.2, -0.15) is 0 Å². The number of sulfonamides is 1. The third-order valence-corrected chi connectivity index (χ3v) is 3.04. The Morgan fingerprint density at radius 2 is 1.74 bits per heavy atom. The van der Waals surface area contributed by atoms with Crippen molar-refractivity contribution >= 4 is 27.4 Å². The number of carbonyl (C=O) groups excluding carboxylic acids is 1. The molecule has 0 aromatic heterocycles. The standard InChI is InChI=1S/C12H19N3O3S/c1-4-9(2)13-12(16)14-10-5-7-11(8-6-10)15-19(3,17)18/h5-9,15H,4H2,1-3H3,(H2,13,14,16). The predicted molar refractivity (Wildman–Crippen MR) is 76.8 cm³/mol. The molecule has 2 amide bonds. The first kappa shape index (κ1) is 15.3. The lowest BCUT2D eigenvalue weighted by Gasteiger charge is -2.12. The fraction of sp³-hybridized carbons (Fsp3) is 0.417. The maximum atomic E-state index is 11.6. The minimum Gasteiger partial charge on any atom is -0.335 e. The van der Waals surface area contributed by atoms with Crippen molar-refractivity contribution in [2.75, 3.05) is 16.3 Å². The van der Waals surface area contributed by atoms with E-state index in [1.54, 1.807) is 24.3 Å². The Labute approximate surface area is 113 Å². The molecule has 0 aliphatic rings. The first-order chi connectivity index (χ1) is 8.80. The van der Waals surface area contributed by atoms with Crippen molar-refractivity contribution < 1.29 is 13.2 Å². The second kappa shape index (κ2) is 6.42. The predicted octanol–water partition coefficient (Wildman–Crippen LogP) is 1.98. The van der Waals surface area contributed by atoms with Crippen molar-refractivity contribution in [3.05, 3.63) is 24.3 Å². The monoisotopic (exact) mass is 285 g/mol. The van der Waals surface area contributed by atoms with Crippen LogP contribution in [-0.2, 0) is 10.0 Å². The molecule has 0 saturated heterocycles. The molecule has 0 fully saturated rings. The third-order valence-electron chi connectivity index (χ3n) is 2.44. The van der Waals surface area contributed by atoms with Crippen LogP contribution in [-0.4, -0.2) is 26.7 Å². The second-order valence-corrected chi connectivity index (χ2v) is 6.11. The van der Waals surface area contributed by atoms with Gasteiger partial charge >= 0.3 is 6.03 Å². The summed E-state index contributed by atoms with van der Waals surface area (Å²) < 4.78 is 24.4. The molecule has 19 heavy (non-hydrogen) atoms. The van der Waals surface area contributed by atoms with E-state index in [1.165, 1.54) is 0 Å². The Morgan fingerprint density at radius 1 is 1.21 bits per heavy atom. The molecular weight excluding hydrogens is 266 g/mol. The summed E-state index contributed by atoms with van der Waals surface area (Å²) in [5.41, 5.74) is 1.05. The summed E-state index contributed by atoms with van der Waals surface area (Å²) in [6.45, 7) is 3.90. The zero-order valence-electron chi connectivity index (χ0n) is 11.2. The normalized spacial score (nSPS) is 12.6. The van der Waals surface area contributed by atoms with Crippen LogP contribution in [0, 0.1) is 0 Å². The Kier molecular flexibility index (Phi) is 5.17. The van der Waals surface area contributed by atoms with Crippen molar-refractivity contribution in [1.29, 1.82) is 0 Å². The van der Waals surface area contributed by atoms with Crippen LogP contribution < -0.4 is 15.4 Å². The molecule has 0 heterocycles. The lowest BCUT2D eigenvalue weighted by atomic mass is 10.2. The van der Waals surface area contributed by atoms with E-state index in [2.05, 4.69) is 15.4 Å². The van der Waals surface area contributed by atoms with Gasteiger partial charge < -0.3 is 10.6 Å². The molecule has 1 unspecified atom stereocenters. The van der Waals surface area contributed by atoms with Crippen LogP contribution in [0.1, 0.15) is 20.3 Å². The van der Waals surface area contributed by atoms with E-state index in [-0.39, 0.29) is 12.1 Å². The summed E-state index contributed by atoms with van der Waals surface area (Å²) in [7, 11) is -3.28. The van der Waals surface area contributed by atoms with E-state index in [0.29, 0.717) is 11.4 Å². The maximum Gasteiger partial charge on any atom is 0.319 e. The fourth-order valence-corrected chi connectivity index (χ4v) is 1.89. The quantitative estimate of drug-likeness (QED) is 0.773. The smallest absolute Gasteiger partial charge is 0.319 e. The van der Waals surface area contributed by atoms with E-state index in [0.717, 1.165) is 12.7 Å². The minimum absolute atomic E-state index is 0.103. The molecule has 0 aliphatic carbocycles. The average molecular weight is 285 g/mol. The third kappa shape index (κ3) is 6.10. The number of anilines is 2. The van der Waals surface area contributed by atoms with E-state index < -0.39 is 10.0 Å². The summed E-state index contributed by atoms with van der Waals surface area (Å²) >= 11 is 0.